The van der Waals surface area contributed by atoms with Gasteiger partial charge in [0.1, 0.15) is 11.5 Å². The average molecular weight is 293 g/mol. The van der Waals surface area contributed by atoms with E-state index in [0.717, 1.165) is 0 Å². The lowest BCUT2D eigenvalue weighted by Crippen LogP contribution is -2.17. The van der Waals surface area contributed by atoms with Gasteiger partial charge in [-0.2, -0.15) is 0 Å². The summed E-state index contributed by atoms with van der Waals surface area (Å²) in [4.78, 5) is 22.9. The fourth-order valence-electron chi connectivity index (χ4n) is 2.13. The summed E-state index contributed by atoms with van der Waals surface area (Å²) in [7, 11) is 0. The summed E-state index contributed by atoms with van der Waals surface area (Å²) < 4.78 is 10.9. The Labute approximate surface area is 123 Å². The summed E-state index contributed by atoms with van der Waals surface area (Å²) in [5.41, 5.74) is 0.504. The van der Waals surface area contributed by atoms with Crippen molar-refractivity contribution in [3.8, 4) is 11.5 Å². The SMILES string of the molecule is CCOc1ccc(OCC)c(NC(=O)[C@@H]2C[C@@H]2C(=O)O)c1. The molecule has 21 heavy (non-hydrogen) atoms. The first-order chi connectivity index (χ1) is 10.1. The van der Waals surface area contributed by atoms with Gasteiger partial charge in [0, 0.05) is 6.07 Å². The summed E-state index contributed by atoms with van der Waals surface area (Å²) >= 11 is 0. The lowest BCUT2D eigenvalue weighted by atomic mass is 10.2. The van der Waals surface area contributed by atoms with Crippen molar-refractivity contribution in [3.05, 3.63) is 18.2 Å². The van der Waals surface area contributed by atoms with Crippen molar-refractivity contribution in [2.24, 2.45) is 11.8 Å². The number of aliphatic carboxylic acids is 1. The van der Waals surface area contributed by atoms with Crippen molar-refractivity contribution in [1.82, 2.24) is 0 Å². The molecule has 0 saturated heterocycles. The number of benzene rings is 1. The van der Waals surface area contributed by atoms with Crippen molar-refractivity contribution in [2.75, 3.05) is 18.5 Å². The molecule has 6 heteroatoms. The van der Waals surface area contributed by atoms with E-state index in [0.29, 0.717) is 36.8 Å². The minimum atomic E-state index is -0.928. The van der Waals surface area contributed by atoms with E-state index < -0.39 is 17.8 Å². The van der Waals surface area contributed by atoms with Crippen molar-refractivity contribution in [3.63, 3.8) is 0 Å². The highest BCUT2D eigenvalue weighted by atomic mass is 16.5. The highest BCUT2D eigenvalue weighted by Crippen LogP contribution is 2.40. The Morgan fingerprint density at radius 3 is 2.52 bits per heavy atom. The number of carbonyl (C=O) groups excluding carboxylic acids is 1. The zero-order valence-electron chi connectivity index (χ0n) is 12.1. The number of nitrogens with one attached hydrogen (secondary N) is 1. The monoisotopic (exact) mass is 293 g/mol. The highest BCUT2D eigenvalue weighted by molar-refractivity contribution is 5.99. The smallest absolute Gasteiger partial charge is 0.307 e. The van der Waals surface area contributed by atoms with Gasteiger partial charge in [0.15, 0.2) is 0 Å². The predicted molar refractivity (Wildman–Crippen MR) is 76.6 cm³/mol. The molecule has 0 aromatic heterocycles. The largest absolute Gasteiger partial charge is 0.494 e. The van der Waals surface area contributed by atoms with Gasteiger partial charge >= 0.3 is 5.97 Å². The quantitative estimate of drug-likeness (QED) is 0.804. The molecule has 1 fully saturated rings. The maximum atomic E-state index is 12.0. The number of carboxylic acids is 1. The molecule has 1 amide bonds. The number of anilines is 1. The van der Waals surface area contributed by atoms with E-state index in [2.05, 4.69) is 5.32 Å². The third-order valence-corrected chi connectivity index (χ3v) is 3.26. The molecule has 114 valence electrons. The van der Waals surface area contributed by atoms with Crippen LogP contribution in [0.1, 0.15) is 20.3 Å². The Kier molecular flexibility index (Phi) is 4.67. The standard InChI is InChI=1S/C15H19NO5/c1-3-20-9-5-6-13(21-4-2)12(7-9)16-14(17)10-8-11(10)15(18)19/h5-7,10-11H,3-4,8H2,1-2H3,(H,16,17)(H,18,19)/t10-,11+/m1/s1. The summed E-state index contributed by atoms with van der Waals surface area (Å²) in [5, 5.41) is 11.6. The molecule has 0 bridgehead atoms. The average Bonchev–Trinajstić information content (AvgIpc) is 3.22. The predicted octanol–water partition coefficient (Wildman–Crippen LogP) is 2.14. The Morgan fingerprint density at radius 1 is 1.24 bits per heavy atom. The molecule has 0 spiro atoms. The van der Waals surface area contributed by atoms with Crippen LogP contribution in [0.4, 0.5) is 5.69 Å². The lowest BCUT2D eigenvalue weighted by molar-refractivity contribution is -0.139. The third kappa shape index (κ3) is 3.65. The first-order valence-corrected chi connectivity index (χ1v) is 7.00. The number of hydrogen-bond donors (Lipinski definition) is 2. The molecule has 2 atom stereocenters. The second-order valence-electron chi connectivity index (χ2n) is 4.80. The molecule has 2 rings (SSSR count). The van der Waals surface area contributed by atoms with E-state index in [9.17, 15) is 9.59 Å². The summed E-state index contributed by atoms with van der Waals surface area (Å²) in [6, 6.07) is 5.18. The minimum absolute atomic E-state index is 0.294. The summed E-state index contributed by atoms with van der Waals surface area (Å²) in [6.07, 6.45) is 0.385. The molecule has 0 radical (unpaired) electrons. The normalized spacial score (nSPS) is 19.7. The van der Waals surface area contributed by atoms with Gasteiger partial charge < -0.3 is 19.9 Å². The molecule has 1 aromatic rings. The van der Waals surface area contributed by atoms with Gasteiger partial charge in [0.25, 0.3) is 0 Å². The first-order valence-electron chi connectivity index (χ1n) is 7.00. The molecule has 0 aliphatic heterocycles. The van der Waals surface area contributed by atoms with Gasteiger partial charge in [-0.15, -0.1) is 0 Å². The van der Waals surface area contributed by atoms with E-state index in [-0.39, 0.29) is 5.91 Å². The van der Waals surface area contributed by atoms with Crippen LogP contribution in [0.15, 0.2) is 18.2 Å². The van der Waals surface area contributed by atoms with E-state index in [1.807, 2.05) is 13.8 Å². The van der Waals surface area contributed by atoms with Crippen molar-refractivity contribution < 1.29 is 24.2 Å². The molecule has 0 unspecified atom stereocenters. The van der Waals surface area contributed by atoms with Gasteiger partial charge in [-0.1, -0.05) is 0 Å². The Hall–Kier alpha value is -2.24. The van der Waals surface area contributed by atoms with Crippen molar-refractivity contribution in [2.45, 2.75) is 20.3 Å². The molecule has 1 aromatic carbocycles. The van der Waals surface area contributed by atoms with Gasteiger partial charge in [0.2, 0.25) is 5.91 Å². The van der Waals surface area contributed by atoms with E-state index in [1.165, 1.54) is 0 Å². The number of rotatable bonds is 7. The number of carbonyl (C=O) groups is 2. The summed E-state index contributed by atoms with van der Waals surface area (Å²) in [5.74, 6) is -1.09. The van der Waals surface area contributed by atoms with Crippen LogP contribution in [-0.4, -0.2) is 30.2 Å². The van der Waals surface area contributed by atoms with Crippen molar-refractivity contribution >= 4 is 17.6 Å². The van der Waals surface area contributed by atoms with Crippen molar-refractivity contribution in [1.29, 1.82) is 0 Å². The number of carboxylic acid groups (broad SMARTS) is 1. The third-order valence-electron chi connectivity index (χ3n) is 3.26. The molecule has 1 aliphatic rings. The minimum Gasteiger partial charge on any atom is -0.494 e. The number of ether oxygens (including phenoxy) is 2. The van der Waals surface area contributed by atoms with Gasteiger partial charge in [-0.05, 0) is 32.4 Å². The topological polar surface area (TPSA) is 84.9 Å². The van der Waals surface area contributed by atoms with E-state index in [1.54, 1.807) is 18.2 Å². The Morgan fingerprint density at radius 2 is 1.95 bits per heavy atom. The zero-order valence-corrected chi connectivity index (χ0v) is 12.1. The Balaban J connectivity index is 2.11. The maximum Gasteiger partial charge on any atom is 0.307 e. The fraction of sp³-hybridized carbons (Fsp3) is 0.467. The fourth-order valence-corrected chi connectivity index (χ4v) is 2.13. The number of amides is 1. The van der Waals surface area contributed by atoms with Crippen LogP contribution in [0.5, 0.6) is 11.5 Å². The Bertz CT molecular complexity index is 543. The maximum absolute atomic E-state index is 12.0. The second kappa shape index (κ2) is 6.47. The van der Waals surface area contributed by atoms with Gasteiger partial charge in [0.05, 0.1) is 30.7 Å². The zero-order chi connectivity index (χ0) is 15.4. The molecule has 2 N–H and O–H groups in total. The molecular weight excluding hydrogens is 274 g/mol. The second-order valence-corrected chi connectivity index (χ2v) is 4.80. The van der Waals surface area contributed by atoms with E-state index in [4.69, 9.17) is 14.6 Å². The van der Waals surface area contributed by atoms with E-state index >= 15 is 0 Å². The highest BCUT2D eigenvalue weighted by Gasteiger charge is 2.48. The van der Waals surface area contributed by atoms with Crippen LogP contribution >= 0.6 is 0 Å². The molecule has 0 heterocycles. The van der Waals surface area contributed by atoms with Crippen LogP contribution in [0, 0.1) is 11.8 Å². The van der Waals surface area contributed by atoms with Crippen LogP contribution in [0.2, 0.25) is 0 Å². The molecule has 1 aliphatic carbocycles. The summed E-state index contributed by atoms with van der Waals surface area (Å²) in [6.45, 7) is 4.71. The van der Waals surface area contributed by atoms with Gasteiger partial charge in [-0.25, -0.2) is 0 Å². The van der Waals surface area contributed by atoms with Crippen LogP contribution in [0.3, 0.4) is 0 Å². The van der Waals surface area contributed by atoms with Crippen LogP contribution < -0.4 is 14.8 Å². The lowest BCUT2D eigenvalue weighted by Gasteiger charge is -2.13. The van der Waals surface area contributed by atoms with Crippen LogP contribution in [-0.2, 0) is 9.59 Å². The molecule has 6 nitrogen and oxygen atoms in total. The van der Waals surface area contributed by atoms with Crippen LogP contribution in [0.25, 0.3) is 0 Å². The van der Waals surface area contributed by atoms with Gasteiger partial charge in [-0.3, -0.25) is 9.59 Å². The number of hydrogen-bond acceptors (Lipinski definition) is 4. The molecule has 1 saturated carbocycles. The molecular formula is C15H19NO5. The first kappa shape index (κ1) is 15.2.